The summed E-state index contributed by atoms with van der Waals surface area (Å²) in [6.07, 6.45) is 18.5. The minimum absolute atomic E-state index is 0. The van der Waals surface area contributed by atoms with Crippen molar-refractivity contribution in [3.05, 3.63) is 329 Å². The van der Waals surface area contributed by atoms with Gasteiger partial charge in [0.05, 0.1) is 24.2 Å². The first-order valence-corrected chi connectivity index (χ1v) is 53.3. The molecule has 8 aromatic rings. The molecule has 0 aromatic heterocycles. The van der Waals surface area contributed by atoms with Crippen LogP contribution in [0.25, 0.3) is 0 Å². The van der Waals surface area contributed by atoms with Crippen LogP contribution in [0.15, 0.2) is 245 Å². The SMILES string of the molecule is C.C.C.C=CC[C@@H]1O[C@H](c2cccc(Cl)c2)[C@@H](c2ccc(Cl)cc2)N([C@@H]2CCC[C@H]2SC(C)C)C1=O.C=CC[C@@H]1O[C@H](c2cccc(Cl)c2)[C@@H](c2ccc(Cl)cc2)N([C@H]2CCC[C@@H]2SC(C)C)C1=O.C=CC[C@H]1O[C@H](c2cccc(Cl)c2)[C@@H](c2ccc(Cl)cc2)N([C@@H]2CCC[C@H]2SC(C)C)C1=O.C=CC[C@H]1O[C@H](c2cccc(Cl)c2)[C@@H](c2ccc(Cl)cc2)N([C@H]2CCC[C@@H]2SC(C)C)C1=O. The van der Waals surface area contributed by atoms with Gasteiger partial charge < -0.3 is 38.5 Å². The fraction of sp³-hybridized carbons (Fsp3) is 0.459. The first kappa shape index (κ1) is 111. The second-order valence-corrected chi connectivity index (χ2v) is 47.1. The summed E-state index contributed by atoms with van der Waals surface area (Å²) >= 11 is 58.3. The zero-order valence-electron chi connectivity index (χ0n) is 76.5. The lowest BCUT2D eigenvalue weighted by Crippen LogP contribution is -2.56. The van der Waals surface area contributed by atoms with Crippen molar-refractivity contribution in [2.24, 2.45) is 0 Å². The Labute approximate surface area is 862 Å². The molecule has 8 fully saturated rings. The number of benzene rings is 8. The summed E-state index contributed by atoms with van der Waals surface area (Å²) in [6.45, 7) is 33.3. The summed E-state index contributed by atoms with van der Waals surface area (Å²) in [5.74, 6) is 0.201. The van der Waals surface area contributed by atoms with Crippen molar-refractivity contribution in [3.63, 3.8) is 0 Å². The maximum Gasteiger partial charge on any atom is 0.252 e. The molecule has 8 aliphatic rings. The molecule has 20 atom stereocenters. The Morgan fingerprint density at radius 2 is 0.467 bits per heavy atom. The van der Waals surface area contributed by atoms with Crippen molar-refractivity contribution in [3.8, 4) is 0 Å². The van der Waals surface area contributed by atoms with E-state index in [2.05, 4.69) is 101 Å². The van der Waals surface area contributed by atoms with Crippen LogP contribution in [-0.4, -0.2) is 134 Å². The van der Waals surface area contributed by atoms with E-state index in [1.165, 1.54) is 0 Å². The van der Waals surface area contributed by atoms with Crippen LogP contribution < -0.4 is 0 Å². The second kappa shape index (κ2) is 52.8. The molecule has 728 valence electrons. The van der Waals surface area contributed by atoms with Crippen molar-refractivity contribution in [2.75, 3.05) is 0 Å². The van der Waals surface area contributed by atoms with E-state index in [4.69, 9.17) is 112 Å². The molecular weight excluding hydrogens is 1930 g/mol. The third-order valence-corrected chi connectivity index (χ3v) is 33.4. The van der Waals surface area contributed by atoms with Gasteiger partial charge in [-0.2, -0.15) is 47.0 Å². The van der Waals surface area contributed by atoms with Crippen molar-refractivity contribution in [1.29, 1.82) is 0 Å². The fourth-order valence-electron chi connectivity index (χ4n) is 20.4. The van der Waals surface area contributed by atoms with Crippen LogP contribution in [0.3, 0.4) is 0 Å². The number of ether oxygens (including phenoxy) is 4. The number of carbonyl (C=O) groups excluding carboxylic acids is 4. The minimum Gasteiger partial charge on any atom is -0.358 e. The average molecular weight is 2070 g/mol. The molecule has 4 aliphatic carbocycles. The number of rotatable bonds is 28. The molecule has 0 unspecified atom stereocenters. The van der Waals surface area contributed by atoms with Gasteiger partial charge in [0.25, 0.3) is 23.6 Å². The molecule has 135 heavy (non-hydrogen) atoms. The fourth-order valence-corrected chi connectivity index (χ4v) is 27.5. The maximum atomic E-state index is 13.9. The predicted molar refractivity (Wildman–Crippen MR) is 576 cm³/mol. The van der Waals surface area contributed by atoms with Gasteiger partial charge in [-0.1, -0.05) is 318 Å². The van der Waals surface area contributed by atoms with Crippen LogP contribution >= 0.6 is 140 Å². The Kier molecular flexibility index (Phi) is 43.4. The normalized spacial score (nSPS) is 27.2. The van der Waals surface area contributed by atoms with E-state index in [1.54, 1.807) is 24.3 Å². The van der Waals surface area contributed by atoms with E-state index in [0.29, 0.717) is 108 Å². The van der Waals surface area contributed by atoms with Gasteiger partial charge in [0.1, 0.15) is 48.8 Å². The van der Waals surface area contributed by atoms with E-state index >= 15 is 0 Å². The van der Waals surface area contributed by atoms with Crippen LogP contribution in [-0.2, 0) is 38.1 Å². The molecule has 8 aromatic carbocycles. The molecule has 4 saturated heterocycles. The molecule has 4 heterocycles. The van der Waals surface area contributed by atoms with Crippen molar-refractivity contribution in [2.45, 2.75) is 320 Å². The summed E-state index contributed by atoms with van der Waals surface area (Å²) in [5, 5.41) is 8.98. The first-order valence-electron chi connectivity index (χ1n) is 46.5. The van der Waals surface area contributed by atoms with Crippen LogP contribution in [0.4, 0.5) is 0 Å². The third kappa shape index (κ3) is 27.9. The summed E-state index contributed by atoms with van der Waals surface area (Å²) < 4.78 is 26.1. The molecule has 24 heteroatoms. The highest BCUT2D eigenvalue weighted by atomic mass is 35.5. The molecule has 0 N–H and O–H groups in total. The van der Waals surface area contributed by atoms with Gasteiger partial charge in [0, 0.05) is 111 Å². The largest absolute Gasteiger partial charge is 0.358 e. The smallest absolute Gasteiger partial charge is 0.252 e. The van der Waals surface area contributed by atoms with Gasteiger partial charge >= 0.3 is 0 Å². The lowest BCUT2D eigenvalue weighted by atomic mass is 9.89. The lowest BCUT2D eigenvalue weighted by molar-refractivity contribution is -0.178. The molecule has 4 saturated carbocycles. The second-order valence-electron chi connectivity index (χ2n) is 36.4. The zero-order valence-corrected chi connectivity index (χ0v) is 85.8. The van der Waals surface area contributed by atoms with E-state index in [0.717, 1.165) is 122 Å². The number of amides is 4. The Morgan fingerprint density at radius 3 is 0.630 bits per heavy atom. The molecule has 12 nitrogen and oxygen atoms in total. The number of halogens is 8. The Hall–Kier alpha value is -5.84. The quantitative estimate of drug-likeness (QED) is 0.0435. The molecule has 0 radical (unpaired) electrons. The van der Waals surface area contributed by atoms with Gasteiger partial charge in [-0.15, -0.1) is 26.3 Å². The molecule has 0 bridgehead atoms. The average Bonchev–Trinajstić information content (AvgIpc) is 1.76. The van der Waals surface area contributed by atoms with Gasteiger partial charge in [0.15, 0.2) is 0 Å². The number of carbonyl (C=O) groups is 4. The summed E-state index contributed by atoms with van der Waals surface area (Å²) in [7, 11) is 0. The van der Waals surface area contributed by atoms with E-state index in [9.17, 15) is 19.2 Å². The highest BCUT2D eigenvalue weighted by molar-refractivity contribution is 8.01. The Balaban J connectivity index is 0.000000185. The van der Waals surface area contributed by atoms with Crippen LogP contribution in [0.2, 0.25) is 40.2 Å². The van der Waals surface area contributed by atoms with Crippen molar-refractivity contribution >= 4 is 163 Å². The van der Waals surface area contributed by atoms with E-state index in [-0.39, 0.29) is 119 Å². The number of thioether (sulfide) groups is 4. The summed E-state index contributed by atoms with van der Waals surface area (Å²) in [4.78, 5) is 64.2. The van der Waals surface area contributed by atoms with Crippen LogP contribution in [0, 0.1) is 0 Å². The number of nitrogens with zero attached hydrogens (tertiary/aromatic N) is 4. The lowest BCUT2D eigenvalue weighted by Gasteiger charge is -2.48. The number of hydrogen-bond donors (Lipinski definition) is 0. The first-order chi connectivity index (χ1) is 63.5. The summed E-state index contributed by atoms with van der Waals surface area (Å²) in [5.41, 5.74) is 7.98. The molecule has 16 rings (SSSR count). The number of hydrogen-bond acceptors (Lipinski definition) is 12. The molecular formula is C111H136Cl8N4O8S4. The van der Waals surface area contributed by atoms with Gasteiger partial charge in [-0.3, -0.25) is 19.2 Å². The zero-order chi connectivity index (χ0) is 94.1. The Morgan fingerprint density at radius 1 is 0.281 bits per heavy atom. The highest BCUT2D eigenvalue weighted by Gasteiger charge is 2.55. The van der Waals surface area contributed by atoms with Gasteiger partial charge in [-0.25, -0.2) is 0 Å². The van der Waals surface area contributed by atoms with Crippen molar-refractivity contribution < 1.29 is 38.1 Å². The highest BCUT2D eigenvalue weighted by Crippen LogP contribution is 2.55. The van der Waals surface area contributed by atoms with Crippen molar-refractivity contribution in [1.82, 2.24) is 19.6 Å². The van der Waals surface area contributed by atoms with E-state index < -0.39 is 24.4 Å². The van der Waals surface area contributed by atoms with Gasteiger partial charge in [-0.05, 0) is 214 Å². The molecule has 4 amide bonds. The third-order valence-electron chi connectivity index (χ3n) is 25.7. The van der Waals surface area contributed by atoms with Crippen LogP contribution in [0.5, 0.6) is 0 Å². The standard InChI is InChI=1S/4C27H31Cl2NO2S.3CH4/c4*1-4-7-23-27(31)30(22-10-6-11-24(22)33-17(2)3)25(18-12-14-20(28)15-13-18)26(32-23)19-8-5-9-21(29)16-19;;;/h4*4-5,8-9,12-17,22-26H,1,6-7,10-11H2,2-3H3;3*1H4/t22-,23+,24-,25+,26+;22-,23+,24-,25-,26-;22-,23-,24-,25+,26+;22-,23-,24-,25-,26-;;;/m0101.../s1. The Bertz CT molecular complexity index is 4560. The monoisotopic (exact) mass is 2060 g/mol. The molecule has 0 spiro atoms. The predicted octanol–water partition coefficient (Wildman–Crippen LogP) is 32.5. The van der Waals surface area contributed by atoms with E-state index in [1.807, 2.05) is 241 Å². The topological polar surface area (TPSA) is 118 Å². The maximum absolute atomic E-state index is 13.9. The minimum atomic E-state index is -0.555. The van der Waals surface area contributed by atoms with Crippen LogP contribution in [0.1, 0.15) is 273 Å². The summed E-state index contributed by atoms with van der Waals surface area (Å²) in [6, 6.07) is 62.0. The molecule has 4 aliphatic heterocycles. The van der Waals surface area contributed by atoms with Gasteiger partial charge in [0.2, 0.25) is 0 Å². The number of morpholine rings is 4.